The van der Waals surface area contributed by atoms with E-state index in [0.29, 0.717) is 17.9 Å². The average Bonchev–Trinajstić information content (AvgIpc) is 2.76. The zero-order valence-electron chi connectivity index (χ0n) is 9.11. The summed E-state index contributed by atoms with van der Waals surface area (Å²) in [6, 6.07) is 9.34. The zero-order chi connectivity index (χ0) is 12.3. The third-order valence-corrected chi connectivity index (χ3v) is 2.66. The number of hydrogen-bond acceptors (Lipinski definition) is 2. The van der Waals surface area contributed by atoms with E-state index in [1.165, 1.54) is 0 Å². The van der Waals surface area contributed by atoms with Gasteiger partial charge in [0, 0.05) is 22.7 Å². The van der Waals surface area contributed by atoms with Gasteiger partial charge in [0.2, 0.25) is 5.91 Å². The van der Waals surface area contributed by atoms with Gasteiger partial charge in [-0.25, -0.2) is 0 Å². The van der Waals surface area contributed by atoms with Crippen LogP contribution in [-0.2, 0) is 11.2 Å². The molecule has 0 saturated carbocycles. The topological polar surface area (TPSA) is 71.8 Å². The van der Waals surface area contributed by atoms with Gasteiger partial charge in [0.25, 0.3) is 0 Å². The van der Waals surface area contributed by atoms with Gasteiger partial charge in [0.05, 0.1) is 5.69 Å². The van der Waals surface area contributed by atoms with E-state index in [-0.39, 0.29) is 5.91 Å². The van der Waals surface area contributed by atoms with Crippen molar-refractivity contribution < 1.29 is 4.79 Å². The third-order valence-electron chi connectivity index (χ3n) is 2.41. The standard InChI is InChI=1S/C12H12ClN3O/c13-9-3-1-8(2-4-9)11-7-10(15-16-11)5-6-12(14)17/h1-4,7H,5-6H2,(H2,14,17)(H,15,16). The minimum absolute atomic E-state index is 0.312. The molecule has 88 valence electrons. The molecule has 0 aliphatic carbocycles. The molecule has 2 aromatic rings. The molecule has 0 spiro atoms. The first-order valence-corrected chi connectivity index (χ1v) is 5.61. The first-order valence-electron chi connectivity index (χ1n) is 5.23. The molecule has 0 aliphatic heterocycles. The minimum atomic E-state index is -0.312. The van der Waals surface area contributed by atoms with Gasteiger partial charge < -0.3 is 5.73 Å². The SMILES string of the molecule is NC(=O)CCc1cc(-c2ccc(Cl)cc2)n[nH]1. The lowest BCUT2D eigenvalue weighted by molar-refractivity contribution is -0.118. The highest BCUT2D eigenvalue weighted by molar-refractivity contribution is 6.30. The van der Waals surface area contributed by atoms with Crippen molar-refractivity contribution in [3.63, 3.8) is 0 Å². The number of rotatable bonds is 4. The molecule has 3 N–H and O–H groups in total. The van der Waals surface area contributed by atoms with Crippen molar-refractivity contribution in [3.8, 4) is 11.3 Å². The van der Waals surface area contributed by atoms with Crippen LogP contribution in [0.25, 0.3) is 11.3 Å². The Labute approximate surface area is 104 Å². The second-order valence-corrected chi connectivity index (χ2v) is 4.19. The lowest BCUT2D eigenvalue weighted by atomic mass is 10.1. The molecule has 0 saturated heterocycles. The largest absolute Gasteiger partial charge is 0.370 e. The van der Waals surface area contributed by atoms with Crippen molar-refractivity contribution in [1.29, 1.82) is 0 Å². The summed E-state index contributed by atoms with van der Waals surface area (Å²) in [5.41, 5.74) is 7.80. The lowest BCUT2D eigenvalue weighted by Gasteiger charge is -1.95. The fourth-order valence-electron chi connectivity index (χ4n) is 1.52. The van der Waals surface area contributed by atoms with Gasteiger partial charge in [-0.15, -0.1) is 0 Å². The molecular formula is C12H12ClN3O. The molecule has 1 heterocycles. The second kappa shape index (κ2) is 5.01. The number of benzene rings is 1. The van der Waals surface area contributed by atoms with Gasteiger partial charge in [0.1, 0.15) is 0 Å². The zero-order valence-corrected chi connectivity index (χ0v) is 9.87. The Morgan fingerprint density at radius 2 is 2.06 bits per heavy atom. The summed E-state index contributed by atoms with van der Waals surface area (Å²) in [5.74, 6) is -0.312. The van der Waals surface area contributed by atoms with E-state index in [0.717, 1.165) is 17.0 Å². The second-order valence-electron chi connectivity index (χ2n) is 3.75. The molecule has 1 aromatic carbocycles. The first kappa shape index (κ1) is 11.7. The third kappa shape index (κ3) is 3.07. The molecule has 0 unspecified atom stereocenters. The van der Waals surface area contributed by atoms with Gasteiger partial charge in [-0.3, -0.25) is 9.89 Å². The summed E-state index contributed by atoms with van der Waals surface area (Å²) < 4.78 is 0. The maximum atomic E-state index is 10.7. The fourth-order valence-corrected chi connectivity index (χ4v) is 1.64. The summed E-state index contributed by atoms with van der Waals surface area (Å²) in [5, 5.41) is 7.75. The highest BCUT2D eigenvalue weighted by Crippen LogP contribution is 2.20. The molecule has 0 fully saturated rings. The quantitative estimate of drug-likeness (QED) is 0.872. The van der Waals surface area contributed by atoms with Gasteiger partial charge in [-0.1, -0.05) is 23.7 Å². The Bertz CT molecular complexity index is 519. The van der Waals surface area contributed by atoms with Crippen LogP contribution in [0.1, 0.15) is 12.1 Å². The lowest BCUT2D eigenvalue weighted by Crippen LogP contribution is -2.11. The molecule has 17 heavy (non-hydrogen) atoms. The minimum Gasteiger partial charge on any atom is -0.370 e. The Kier molecular flexibility index (Phi) is 3.44. The highest BCUT2D eigenvalue weighted by Gasteiger charge is 2.05. The number of halogens is 1. The van der Waals surface area contributed by atoms with E-state index < -0.39 is 0 Å². The molecule has 0 atom stereocenters. The average molecular weight is 250 g/mol. The normalized spacial score (nSPS) is 10.4. The van der Waals surface area contributed by atoms with Crippen molar-refractivity contribution in [1.82, 2.24) is 10.2 Å². The molecule has 5 heteroatoms. The number of aromatic amines is 1. The fraction of sp³-hybridized carbons (Fsp3) is 0.167. The predicted molar refractivity (Wildman–Crippen MR) is 66.5 cm³/mol. The molecular weight excluding hydrogens is 238 g/mol. The molecule has 1 amide bonds. The van der Waals surface area contributed by atoms with Crippen LogP contribution in [0.5, 0.6) is 0 Å². The number of aromatic nitrogens is 2. The van der Waals surface area contributed by atoms with E-state index in [4.69, 9.17) is 17.3 Å². The van der Waals surface area contributed by atoms with Crippen LogP contribution in [0.4, 0.5) is 0 Å². The van der Waals surface area contributed by atoms with Gasteiger partial charge in [-0.05, 0) is 24.6 Å². The van der Waals surface area contributed by atoms with Crippen molar-refractivity contribution >= 4 is 17.5 Å². The van der Waals surface area contributed by atoms with E-state index >= 15 is 0 Å². The number of H-pyrrole nitrogens is 1. The van der Waals surface area contributed by atoms with Crippen LogP contribution in [0.3, 0.4) is 0 Å². The van der Waals surface area contributed by atoms with Crippen molar-refractivity contribution in [2.24, 2.45) is 5.73 Å². The monoisotopic (exact) mass is 249 g/mol. The predicted octanol–water partition coefficient (Wildman–Crippen LogP) is 2.15. The Balaban J connectivity index is 2.12. The van der Waals surface area contributed by atoms with Crippen molar-refractivity contribution in [2.75, 3.05) is 0 Å². The Morgan fingerprint density at radius 1 is 1.35 bits per heavy atom. The van der Waals surface area contributed by atoms with Gasteiger partial charge >= 0.3 is 0 Å². The highest BCUT2D eigenvalue weighted by atomic mass is 35.5. The molecule has 0 bridgehead atoms. The number of amides is 1. The van der Waals surface area contributed by atoms with E-state index in [1.54, 1.807) is 0 Å². The molecule has 4 nitrogen and oxygen atoms in total. The van der Waals surface area contributed by atoms with E-state index in [2.05, 4.69) is 10.2 Å². The summed E-state index contributed by atoms with van der Waals surface area (Å²) in [6.45, 7) is 0. The number of nitrogens with zero attached hydrogens (tertiary/aromatic N) is 1. The van der Waals surface area contributed by atoms with E-state index in [9.17, 15) is 4.79 Å². The van der Waals surface area contributed by atoms with Crippen LogP contribution in [-0.4, -0.2) is 16.1 Å². The molecule has 0 radical (unpaired) electrons. The summed E-state index contributed by atoms with van der Waals surface area (Å²) >= 11 is 5.81. The van der Waals surface area contributed by atoms with Crippen LogP contribution >= 0.6 is 11.6 Å². The van der Waals surface area contributed by atoms with Crippen LogP contribution in [0.15, 0.2) is 30.3 Å². The summed E-state index contributed by atoms with van der Waals surface area (Å²) in [7, 11) is 0. The maximum Gasteiger partial charge on any atom is 0.217 e. The smallest absolute Gasteiger partial charge is 0.217 e. The number of nitrogens with two attached hydrogens (primary N) is 1. The molecule has 0 aliphatic rings. The van der Waals surface area contributed by atoms with Crippen molar-refractivity contribution in [2.45, 2.75) is 12.8 Å². The first-order chi connectivity index (χ1) is 8.15. The number of primary amides is 1. The number of aryl methyl sites for hydroxylation is 1. The van der Waals surface area contributed by atoms with Crippen LogP contribution < -0.4 is 5.73 Å². The van der Waals surface area contributed by atoms with E-state index in [1.807, 2.05) is 30.3 Å². The summed E-state index contributed by atoms with van der Waals surface area (Å²) in [6.07, 6.45) is 0.901. The van der Waals surface area contributed by atoms with Gasteiger partial charge in [0.15, 0.2) is 0 Å². The number of carbonyl (C=O) groups excluding carboxylic acids is 1. The maximum absolute atomic E-state index is 10.7. The van der Waals surface area contributed by atoms with Crippen LogP contribution in [0.2, 0.25) is 5.02 Å². The van der Waals surface area contributed by atoms with Gasteiger partial charge in [-0.2, -0.15) is 5.10 Å². The number of carbonyl (C=O) groups is 1. The number of hydrogen-bond donors (Lipinski definition) is 2. The van der Waals surface area contributed by atoms with Crippen molar-refractivity contribution in [3.05, 3.63) is 41.0 Å². The Hall–Kier alpha value is -1.81. The molecule has 1 aromatic heterocycles. The number of nitrogens with one attached hydrogen (secondary N) is 1. The Morgan fingerprint density at radius 3 is 2.71 bits per heavy atom. The van der Waals surface area contributed by atoms with Crippen LogP contribution in [0, 0.1) is 0 Å². The molecule has 2 rings (SSSR count). The summed E-state index contributed by atoms with van der Waals surface area (Å²) in [4.78, 5) is 10.7.